The highest BCUT2D eigenvalue weighted by atomic mass is 15.1. The lowest BCUT2D eigenvalue weighted by Gasteiger charge is -2.15. The molecule has 240 valence electrons. The third kappa shape index (κ3) is 5.90. The molecule has 0 N–H and O–H groups in total. The number of imidazole rings is 1. The first-order chi connectivity index (χ1) is 25.3. The SMILES string of the molecule is c1ccc(-n2c(-c3ccc(-c4cc(-c5ccc(-c6ccccn6)cc5)ccc4-c4ccc(-c5ccccn5)cc4)cc3)nc3ccccc32)cc1. The van der Waals surface area contributed by atoms with E-state index in [9.17, 15) is 0 Å². The van der Waals surface area contributed by atoms with Gasteiger partial charge in [-0.05, 0) is 88.0 Å². The van der Waals surface area contributed by atoms with Crippen LogP contribution in [-0.4, -0.2) is 19.5 Å². The van der Waals surface area contributed by atoms with Crippen LogP contribution in [-0.2, 0) is 0 Å². The summed E-state index contributed by atoms with van der Waals surface area (Å²) in [4.78, 5) is 14.2. The highest BCUT2D eigenvalue weighted by molar-refractivity contribution is 5.89. The summed E-state index contributed by atoms with van der Waals surface area (Å²) in [6.07, 6.45) is 3.67. The van der Waals surface area contributed by atoms with Crippen LogP contribution in [0.3, 0.4) is 0 Å². The molecule has 0 radical (unpaired) electrons. The molecule has 0 fully saturated rings. The molecule has 0 aliphatic heterocycles. The number of hydrogen-bond donors (Lipinski definition) is 0. The van der Waals surface area contributed by atoms with Crippen LogP contribution >= 0.6 is 0 Å². The predicted octanol–water partition coefficient (Wildman–Crippen LogP) is 11.8. The summed E-state index contributed by atoms with van der Waals surface area (Å²) in [7, 11) is 0. The number of fused-ring (bicyclic) bond motifs is 1. The Morgan fingerprint density at radius 2 is 0.863 bits per heavy atom. The summed E-state index contributed by atoms with van der Waals surface area (Å²) < 4.78 is 2.24. The summed E-state index contributed by atoms with van der Waals surface area (Å²) in [5.74, 6) is 0.918. The smallest absolute Gasteiger partial charge is 0.145 e. The van der Waals surface area contributed by atoms with E-state index >= 15 is 0 Å². The van der Waals surface area contributed by atoms with Gasteiger partial charge in [0.05, 0.1) is 22.4 Å². The van der Waals surface area contributed by atoms with Gasteiger partial charge < -0.3 is 0 Å². The van der Waals surface area contributed by atoms with Gasteiger partial charge in [-0.15, -0.1) is 0 Å². The molecule has 6 aromatic carbocycles. The van der Waals surface area contributed by atoms with E-state index in [1.807, 2.05) is 60.9 Å². The molecule has 0 saturated heterocycles. The molecule has 0 saturated carbocycles. The Morgan fingerprint density at radius 3 is 1.49 bits per heavy atom. The first-order valence-electron chi connectivity index (χ1n) is 17.1. The van der Waals surface area contributed by atoms with Gasteiger partial charge in [-0.25, -0.2) is 4.98 Å². The van der Waals surface area contributed by atoms with Gasteiger partial charge in [0.25, 0.3) is 0 Å². The van der Waals surface area contributed by atoms with Gasteiger partial charge in [-0.1, -0.05) is 127 Å². The molecule has 9 aromatic rings. The van der Waals surface area contributed by atoms with Crippen LogP contribution < -0.4 is 0 Å². The van der Waals surface area contributed by atoms with E-state index in [2.05, 4.69) is 148 Å². The molecule has 9 rings (SSSR count). The van der Waals surface area contributed by atoms with Crippen LogP contribution in [0.15, 0.2) is 194 Å². The summed E-state index contributed by atoms with van der Waals surface area (Å²) >= 11 is 0. The van der Waals surface area contributed by atoms with E-state index in [-0.39, 0.29) is 0 Å². The molecule has 0 spiro atoms. The Morgan fingerprint density at radius 1 is 0.353 bits per heavy atom. The molecular formula is C47H32N4. The Kier molecular flexibility index (Phi) is 7.80. The molecule has 3 aromatic heterocycles. The maximum absolute atomic E-state index is 5.10. The van der Waals surface area contributed by atoms with Gasteiger partial charge >= 0.3 is 0 Å². The summed E-state index contributed by atoms with van der Waals surface area (Å²) in [5.41, 5.74) is 15.2. The molecule has 0 aliphatic rings. The van der Waals surface area contributed by atoms with Gasteiger partial charge in [0.1, 0.15) is 5.82 Å². The molecule has 0 unspecified atom stereocenters. The van der Waals surface area contributed by atoms with E-state index in [4.69, 9.17) is 4.98 Å². The van der Waals surface area contributed by atoms with Crippen molar-refractivity contribution in [2.75, 3.05) is 0 Å². The normalized spacial score (nSPS) is 11.1. The van der Waals surface area contributed by atoms with Crippen molar-refractivity contribution in [1.82, 2.24) is 19.5 Å². The average molecular weight is 653 g/mol. The number of aromatic nitrogens is 4. The van der Waals surface area contributed by atoms with Crippen LogP contribution in [0.1, 0.15) is 0 Å². The molecule has 4 nitrogen and oxygen atoms in total. The van der Waals surface area contributed by atoms with Gasteiger partial charge in [-0.3, -0.25) is 14.5 Å². The van der Waals surface area contributed by atoms with E-state index in [1.54, 1.807) is 0 Å². The Bertz CT molecular complexity index is 2580. The minimum absolute atomic E-state index is 0.918. The van der Waals surface area contributed by atoms with Gasteiger partial charge in [0.15, 0.2) is 0 Å². The lowest BCUT2D eigenvalue weighted by atomic mass is 9.90. The van der Waals surface area contributed by atoms with Crippen molar-refractivity contribution in [1.29, 1.82) is 0 Å². The zero-order valence-corrected chi connectivity index (χ0v) is 27.8. The second kappa shape index (κ2) is 13.2. The van der Waals surface area contributed by atoms with Crippen molar-refractivity contribution >= 4 is 11.0 Å². The van der Waals surface area contributed by atoms with Crippen LogP contribution in [0.4, 0.5) is 0 Å². The number of rotatable bonds is 7. The van der Waals surface area contributed by atoms with Crippen LogP contribution in [0, 0.1) is 0 Å². The standard InChI is InChI=1S/C47H32N4/c1-2-10-40(11-3-1)51-46-15-5-4-14-45(46)50-47(51)38-26-20-35(21-27-38)42-32-39(33-16-22-36(23-17-33)43-12-6-8-30-48-43)28-29-41(42)34-18-24-37(25-19-34)44-13-7-9-31-49-44/h1-32H. The van der Waals surface area contributed by atoms with Crippen molar-refractivity contribution in [3.8, 4) is 73.0 Å². The van der Waals surface area contributed by atoms with E-state index in [0.29, 0.717) is 0 Å². The molecule has 0 amide bonds. The maximum Gasteiger partial charge on any atom is 0.145 e. The van der Waals surface area contributed by atoms with Crippen molar-refractivity contribution in [2.24, 2.45) is 0 Å². The minimum Gasteiger partial charge on any atom is -0.292 e. The molecule has 4 heteroatoms. The summed E-state index contributed by atoms with van der Waals surface area (Å²) in [6.45, 7) is 0. The Hall–Kier alpha value is -6.91. The Labute approximate surface area is 297 Å². The van der Waals surface area contributed by atoms with Crippen molar-refractivity contribution in [3.05, 3.63) is 194 Å². The van der Waals surface area contributed by atoms with Crippen molar-refractivity contribution in [2.45, 2.75) is 0 Å². The van der Waals surface area contributed by atoms with E-state index < -0.39 is 0 Å². The number of pyridine rings is 2. The van der Waals surface area contributed by atoms with Crippen molar-refractivity contribution in [3.63, 3.8) is 0 Å². The highest BCUT2D eigenvalue weighted by Crippen LogP contribution is 2.38. The topological polar surface area (TPSA) is 43.6 Å². The highest BCUT2D eigenvalue weighted by Gasteiger charge is 2.16. The summed E-state index contributed by atoms with van der Waals surface area (Å²) in [6, 6.07) is 63.8. The van der Waals surface area contributed by atoms with E-state index in [1.165, 1.54) is 5.56 Å². The number of benzene rings is 6. The molecular weight excluding hydrogens is 621 g/mol. The molecule has 0 bridgehead atoms. The largest absolute Gasteiger partial charge is 0.292 e. The first-order valence-corrected chi connectivity index (χ1v) is 17.1. The molecule has 51 heavy (non-hydrogen) atoms. The van der Waals surface area contributed by atoms with Gasteiger partial charge in [-0.2, -0.15) is 0 Å². The Balaban J connectivity index is 1.13. The second-order valence-electron chi connectivity index (χ2n) is 12.5. The van der Waals surface area contributed by atoms with Gasteiger partial charge in [0.2, 0.25) is 0 Å². The molecule has 3 heterocycles. The minimum atomic E-state index is 0.918. The first kappa shape index (κ1) is 30.2. The third-order valence-electron chi connectivity index (χ3n) is 9.38. The van der Waals surface area contributed by atoms with Crippen LogP contribution in [0.2, 0.25) is 0 Å². The average Bonchev–Trinajstić information content (AvgIpc) is 3.62. The zero-order valence-electron chi connectivity index (χ0n) is 27.8. The fourth-order valence-corrected chi connectivity index (χ4v) is 6.79. The van der Waals surface area contributed by atoms with Crippen LogP contribution in [0.5, 0.6) is 0 Å². The van der Waals surface area contributed by atoms with E-state index in [0.717, 1.165) is 78.4 Å². The van der Waals surface area contributed by atoms with Crippen molar-refractivity contribution < 1.29 is 0 Å². The molecule has 0 atom stereocenters. The second-order valence-corrected chi connectivity index (χ2v) is 12.5. The monoisotopic (exact) mass is 652 g/mol. The number of para-hydroxylation sites is 3. The zero-order chi connectivity index (χ0) is 34.0. The fourth-order valence-electron chi connectivity index (χ4n) is 6.79. The quantitative estimate of drug-likeness (QED) is 0.172. The number of nitrogens with zero attached hydrogens (tertiary/aromatic N) is 4. The lowest BCUT2D eigenvalue weighted by Crippen LogP contribution is -1.97. The summed E-state index contributed by atoms with van der Waals surface area (Å²) in [5, 5.41) is 0. The fraction of sp³-hybridized carbons (Fsp3) is 0. The number of hydrogen-bond acceptors (Lipinski definition) is 3. The predicted molar refractivity (Wildman–Crippen MR) is 209 cm³/mol. The third-order valence-corrected chi connectivity index (χ3v) is 9.38. The van der Waals surface area contributed by atoms with Crippen LogP contribution in [0.25, 0.3) is 84.0 Å². The molecule has 0 aliphatic carbocycles. The maximum atomic E-state index is 5.10. The lowest BCUT2D eigenvalue weighted by molar-refractivity contribution is 1.10. The van der Waals surface area contributed by atoms with Gasteiger partial charge in [0, 0.05) is 34.8 Å².